The van der Waals surface area contributed by atoms with Gasteiger partial charge in [-0.2, -0.15) is 0 Å². The topological polar surface area (TPSA) is 128 Å². The fourth-order valence-corrected chi connectivity index (χ4v) is 6.89. The quantitative estimate of drug-likeness (QED) is 0.269. The number of aldehydes is 1. The molecule has 2 aromatic carbocycles. The number of benzene rings is 2. The number of hydrogen-bond acceptors (Lipinski definition) is 8. The molecule has 1 saturated carbocycles. The van der Waals surface area contributed by atoms with Crippen LogP contribution in [0.5, 0.6) is 5.75 Å². The van der Waals surface area contributed by atoms with Gasteiger partial charge in [0.15, 0.2) is 5.84 Å². The van der Waals surface area contributed by atoms with Gasteiger partial charge in [-0.1, -0.05) is 38.0 Å². The number of carbonyl (C=O) groups excluding carboxylic acids is 1. The van der Waals surface area contributed by atoms with Gasteiger partial charge in [0.05, 0.1) is 29.1 Å². The summed E-state index contributed by atoms with van der Waals surface area (Å²) in [6.07, 6.45) is 7.55. The fourth-order valence-electron chi connectivity index (χ4n) is 5.66. The van der Waals surface area contributed by atoms with Gasteiger partial charge in [0.2, 0.25) is 0 Å². The number of ether oxygens (including phenoxy) is 1. The molecule has 11 heteroatoms. The molecular formula is C30H32N6O4S. The number of amidine groups is 1. The van der Waals surface area contributed by atoms with E-state index in [0.717, 1.165) is 61.0 Å². The second-order valence-corrected chi connectivity index (χ2v) is 12.1. The lowest BCUT2D eigenvalue weighted by Gasteiger charge is -2.25. The van der Waals surface area contributed by atoms with Gasteiger partial charge in [0.1, 0.15) is 28.8 Å². The van der Waals surface area contributed by atoms with E-state index in [0.29, 0.717) is 35.0 Å². The van der Waals surface area contributed by atoms with E-state index in [1.54, 1.807) is 41.2 Å². The lowest BCUT2D eigenvalue weighted by atomic mass is 10.1. The van der Waals surface area contributed by atoms with Gasteiger partial charge >= 0.3 is 0 Å². The molecule has 1 aliphatic carbocycles. The first-order valence-corrected chi connectivity index (χ1v) is 15.4. The number of nitrogens with one attached hydrogen (secondary N) is 2. The van der Waals surface area contributed by atoms with Crippen molar-refractivity contribution in [1.82, 2.24) is 20.0 Å². The molecule has 4 aromatic rings. The monoisotopic (exact) mass is 572 g/mol. The van der Waals surface area contributed by atoms with Crippen molar-refractivity contribution in [2.24, 2.45) is 5.10 Å². The average Bonchev–Trinajstić information content (AvgIpc) is 3.63. The number of para-hydroxylation sites is 1. The number of rotatable bonds is 9. The van der Waals surface area contributed by atoms with E-state index in [-0.39, 0.29) is 10.8 Å². The molecule has 2 aromatic heterocycles. The molecule has 6 rings (SSSR count). The summed E-state index contributed by atoms with van der Waals surface area (Å²) in [4.78, 5) is 21.5. The van der Waals surface area contributed by atoms with Crippen LogP contribution in [-0.2, 0) is 14.8 Å². The third-order valence-corrected chi connectivity index (χ3v) is 8.99. The number of sulfonamides is 1. The number of aromatic nitrogens is 3. The van der Waals surface area contributed by atoms with Crippen LogP contribution in [0.4, 0.5) is 5.69 Å². The van der Waals surface area contributed by atoms with Crippen molar-refractivity contribution in [3.63, 3.8) is 0 Å². The number of nitrogens with zero attached hydrogens (tertiary/aromatic N) is 4. The molecule has 212 valence electrons. The fraction of sp³-hybridized carbons (Fsp3) is 0.333. The van der Waals surface area contributed by atoms with Crippen molar-refractivity contribution in [2.75, 3.05) is 11.3 Å². The smallest absolute Gasteiger partial charge is 0.264 e. The molecule has 0 saturated heterocycles. The van der Waals surface area contributed by atoms with Crippen molar-refractivity contribution >= 4 is 38.7 Å². The summed E-state index contributed by atoms with van der Waals surface area (Å²) < 4.78 is 37.6. The van der Waals surface area contributed by atoms with Gasteiger partial charge in [0.25, 0.3) is 10.0 Å². The molecule has 0 bridgehead atoms. The molecule has 2 N–H and O–H groups in total. The second-order valence-electron chi connectivity index (χ2n) is 10.4. The maximum absolute atomic E-state index is 13.5. The minimum absolute atomic E-state index is 0.0809. The van der Waals surface area contributed by atoms with Crippen LogP contribution in [0.15, 0.2) is 64.7 Å². The zero-order valence-electron chi connectivity index (χ0n) is 23.0. The zero-order chi connectivity index (χ0) is 28.6. The standard InChI is InChI=1S/C30H32N6O4S/c1-3-16-40-25-14-13-22(35-41(38,39)26-12-6-10-20-11-7-15-31-27(20)26)17-23(25)29-33-24(18-37)28-19(2)32-30(36(28)34-29)21-8-4-5-9-21/h6-7,10-15,17-18,21,24,35H,3-5,8-9,16H2,1-2H3,(H,33,34). The summed E-state index contributed by atoms with van der Waals surface area (Å²) in [7, 11) is -3.98. The minimum atomic E-state index is -3.98. The molecule has 2 aliphatic rings. The third-order valence-electron chi connectivity index (χ3n) is 7.58. The van der Waals surface area contributed by atoms with Crippen LogP contribution in [0, 0.1) is 6.92 Å². The summed E-state index contributed by atoms with van der Waals surface area (Å²) in [5, 5.41) is 8.88. The van der Waals surface area contributed by atoms with E-state index in [1.165, 1.54) is 6.07 Å². The molecule has 0 radical (unpaired) electrons. The largest absolute Gasteiger partial charge is 0.493 e. The summed E-state index contributed by atoms with van der Waals surface area (Å²) in [5.41, 5.74) is 2.75. The van der Waals surface area contributed by atoms with Crippen LogP contribution in [0.1, 0.15) is 73.8 Å². The van der Waals surface area contributed by atoms with Crippen molar-refractivity contribution in [3.05, 3.63) is 77.5 Å². The Balaban J connectivity index is 1.43. The SMILES string of the molecule is CCCOc1ccc(NS(=O)(=O)c2cccc3cccnc23)cc1C1=Nn2c(C3CCCC3)nc(C)c2C(C=O)N1. The molecule has 10 nitrogen and oxygen atoms in total. The molecular weight excluding hydrogens is 540 g/mol. The first-order chi connectivity index (χ1) is 19.9. The van der Waals surface area contributed by atoms with Crippen molar-refractivity contribution in [3.8, 4) is 5.75 Å². The summed E-state index contributed by atoms with van der Waals surface area (Å²) in [6, 6.07) is 13.0. The Morgan fingerprint density at radius 3 is 2.73 bits per heavy atom. The Hall–Kier alpha value is -4.25. The Labute approximate surface area is 238 Å². The number of aryl methyl sites for hydroxylation is 1. The molecule has 1 unspecified atom stereocenters. The highest BCUT2D eigenvalue weighted by atomic mass is 32.2. The van der Waals surface area contributed by atoms with Gasteiger partial charge in [-0.25, -0.2) is 18.1 Å². The van der Waals surface area contributed by atoms with Crippen LogP contribution >= 0.6 is 0 Å². The molecule has 1 atom stereocenters. The summed E-state index contributed by atoms with van der Waals surface area (Å²) in [5.74, 6) is 2.07. The predicted octanol–water partition coefficient (Wildman–Crippen LogP) is 5.04. The minimum Gasteiger partial charge on any atom is -0.493 e. The Kier molecular flexibility index (Phi) is 7.21. The normalized spacial score (nSPS) is 17.1. The van der Waals surface area contributed by atoms with Crippen LogP contribution in [0.3, 0.4) is 0 Å². The molecule has 1 fully saturated rings. The highest BCUT2D eigenvalue weighted by Crippen LogP contribution is 2.37. The first kappa shape index (κ1) is 26.9. The average molecular weight is 573 g/mol. The third kappa shape index (κ3) is 5.06. The molecule has 3 heterocycles. The Morgan fingerprint density at radius 1 is 1.15 bits per heavy atom. The van der Waals surface area contributed by atoms with E-state index >= 15 is 0 Å². The molecule has 0 amide bonds. The van der Waals surface area contributed by atoms with E-state index in [4.69, 9.17) is 14.8 Å². The number of hydrogen-bond donors (Lipinski definition) is 2. The predicted molar refractivity (Wildman–Crippen MR) is 157 cm³/mol. The highest BCUT2D eigenvalue weighted by Gasteiger charge is 2.33. The van der Waals surface area contributed by atoms with Crippen molar-refractivity contribution in [1.29, 1.82) is 0 Å². The van der Waals surface area contributed by atoms with Crippen LogP contribution in [-0.4, -0.2) is 41.8 Å². The van der Waals surface area contributed by atoms with E-state index in [9.17, 15) is 13.2 Å². The van der Waals surface area contributed by atoms with Gasteiger partial charge in [-0.15, -0.1) is 5.10 Å². The van der Waals surface area contributed by atoms with Crippen LogP contribution in [0.25, 0.3) is 10.9 Å². The van der Waals surface area contributed by atoms with Crippen molar-refractivity contribution in [2.45, 2.75) is 62.8 Å². The van der Waals surface area contributed by atoms with E-state index in [2.05, 4.69) is 15.0 Å². The van der Waals surface area contributed by atoms with Gasteiger partial charge in [-0.05, 0) is 56.5 Å². The summed E-state index contributed by atoms with van der Waals surface area (Å²) in [6.45, 7) is 4.37. The lowest BCUT2D eigenvalue weighted by molar-refractivity contribution is -0.109. The number of imidazole rings is 1. The number of anilines is 1. The Morgan fingerprint density at radius 2 is 1.95 bits per heavy atom. The van der Waals surface area contributed by atoms with Crippen molar-refractivity contribution < 1.29 is 17.9 Å². The number of fused-ring (bicyclic) bond motifs is 2. The van der Waals surface area contributed by atoms with E-state index in [1.807, 2.05) is 26.0 Å². The second kappa shape index (κ2) is 11.0. The molecule has 0 spiro atoms. The van der Waals surface area contributed by atoms with Crippen LogP contribution in [0.2, 0.25) is 0 Å². The van der Waals surface area contributed by atoms with Crippen LogP contribution < -0.4 is 14.8 Å². The Bertz CT molecular complexity index is 1750. The first-order valence-electron chi connectivity index (χ1n) is 13.9. The van der Waals surface area contributed by atoms with E-state index < -0.39 is 16.1 Å². The zero-order valence-corrected chi connectivity index (χ0v) is 23.8. The van der Waals surface area contributed by atoms with Gasteiger partial charge in [0, 0.05) is 23.2 Å². The van der Waals surface area contributed by atoms with Gasteiger partial charge in [-0.3, -0.25) is 9.71 Å². The number of carbonyl (C=O) groups is 1. The lowest BCUT2D eigenvalue weighted by Crippen LogP contribution is -2.37. The molecule has 41 heavy (non-hydrogen) atoms. The highest BCUT2D eigenvalue weighted by molar-refractivity contribution is 7.93. The maximum Gasteiger partial charge on any atom is 0.264 e. The molecule has 1 aliphatic heterocycles. The van der Waals surface area contributed by atoms with Gasteiger partial charge < -0.3 is 14.8 Å². The summed E-state index contributed by atoms with van der Waals surface area (Å²) >= 11 is 0. The number of pyridine rings is 1. The maximum atomic E-state index is 13.5.